The summed E-state index contributed by atoms with van der Waals surface area (Å²) in [6.45, 7) is 14.1. The fourth-order valence-electron chi connectivity index (χ4n) is 9.97. The van der Waals surface area contributed by atoms with E-state index in [0.717, 1.165) is 32.1 Å². The van der Waals surface area contributed by atoms with E-state index >= 15 is 0 Å². The van der Waals surface area contributed by atoms with Crippen LogP contribution < -0.4 is 37.2 Å². The maximum atomic E-state index is 14.3. The van der Waals surface area contributed by atoms with Crippen molar-refractivity contribution in [2.75, 3.05) is 54.4 Å². The number of nitrogens with one attached hydrogen (secondary N) is 7. The van der Waals surface area contributed by atoms with E-state index in [1.54, 1.807) is 93.9 Å². The average molecular weight is 1220 g/mol. The lowest BCUT2D eigenvalue weighted by molar-refractivity contribution is -0.175. The Balaban J connectivity index is 0.000000504. The molecule has 1 saturated carbocycles. The Morgan fingerprint density at radius 2 is 1.06 bits per heavy atom. The second-order valence-electron chi connectivity index (χ2n) is 24.4. The Labute approximate surface area is 502 Å². The number of rotatable bonds is 26. The molecule has 86 heavy (non-hydrogen) atoms. The molecular formula is C60H91F3N10O13. The number of hydrogen-bond acceptors (Lipinski definition) is 13. The van der Waals surface area contributed by atoms with Gasteiger partial charge in [0.15, 0.2) is 12.2 Å². The first-order valence-corrected chi connectivity index (χ1v) is 29.1. The SMILES string of the molecule is CC(C)COC(=O)N[C@H](C(=O)N1CC(C)(C)C[C@H]1C(=O)N[C@@H](CC(C)C)C(O)C(=O)NCC(=O)N[C@H](C(=O)N(C)C)c1ccccc1)C1CCCCC1.CC(C)C[C@H](NC(=O)C(F)(F)F)C(O)C(=O)NCC(=O)N[C@H](C(=O)N(C)C)c1ccccc1. The third kappa shape index (κ3) is 23.8. The minimum atomic E-state index is -5.18. The van der Waals surface area contributed by atoms with Crippen LogP contribution in [0.5, 0.6) is 0 Å². The Morgan fingerprint density at radius 1 is 0.628 bits per heavy atom. The number of halogens is 3. The zero-order valence-corrected chi connectivity index (χ0v) is 51.5. The van der Waals surface area contributed by atoms with Crippen molar-refractivity contribution in [3.63, 3.8) is 0 Å². The molecule has 0 bridgehead atoms. The molecule has 1 saturated heterocycles. The summed E-state index contributed by atoms with van der Waals surface area (Å²) in [6.07, 6.45) is -4.67. The molecule has 1 heterocycles. The summed E-state index contributed by atoms with van der Waals surface area (Å²) in [5.41, 5.74) is 0.651. The predicted octanol–water partition coefficient (Wildman–Crippen LogP) is 3.40. The molecule has 0 aromatic heterocycles. The van der Waals surface area contributed by atoms with Crippen molar-refractivity contribution in [1.82, 2.24) is 51.9 Å². The van der Waals surface area contributed by atoms with Crippen LogP contribution in [0.15, 0.2) is 60.7 Å². The summed E-state index contributed by atoms with van der Waals surface area (Å²) in [5, 5.41) is 38.4. The second kappa shape index (κ2) is 34.1. The molecule has 2 aromatic rings. The Kier molecular flexibility index (Phi) is 28.9. The Bertz CT molecular complexity index is 2580. The number of amides is 10. The smallest absolute Gasteiger partial charge is 0.449 e. The quantitative estimate of drug-likeness (QED) is 0.0654. The van der Waals surface area contributed by atoms with Crippen molar-refractivity contribution in [2.24, 2.45) is 29.1 Å². The number of likely N-dealkylation sites (tertiary alicyclic amines) is 1. The van der Waals surface area contributed by atoms with Gasteiger partial charge in [0, 0.05) is 34.7 Å². The highest BCUT2D eigenvalue weighted by atomic mass is 19.4. The van der Waals surface area contributed by atoms with Crippen LogP contribution in [0.1, 0.15) is 130 Å². The first-order chi connectivity index (χ1) is 40.1. The second-order valence-corrected chi connectivity index (χ2v) is 24.4. The number of benzene rings is 2. The highest BCUT2D eigenvalue weighted by Crippen LogP contribution is 2.37. The summed E-state index contributed by atoms with van der Waals surface area (Å²) >= 11 is 0. The maximum Gasteiger partial charge on any atom is 0.471 e. The van der Waals surface area contributed by atoms with Crippen molar-refractivity contribution in [3.05, 3.63) is 71.8 Å². The summed E-state index contributed by atoms with van der Waals surface area (Å²) in [4.78, 5) is 133. The largest absolute Gasteiger partial charge is 0.471 e. The number of carbonyl (C=O) groups excluding carboxylic acids is 10. The lowest BCUT2D eigenvalue weighted by Gasteiger charge is -2.35. The van der Waals surface area contributed by atoms with Gasteiger partial charge in [0.25, 0.3) is 11.8 Å². The summed E-state index contributed by atoms with van der Waals surface area (Å²) in [7, 11) is 6.16. The molecule has 2 aromatic carbocycles. The highest BCUT2D eigenvalue weighted by molar-refractivity contribution is 5.95. The third-order valence-electron chi connectivity index (χ3n) is 14.3. The predicted molar refractivity (Wildman–Crippen MR) is 312 cm³/mol. The normalized spacial score (nSPS) is 17.4. The highest BCUT2D eigenvalue weighted by Gasteiger charge is 2.48. The molecule has 0 radical (unpaired) electrons. The van der Waals surface area contributed by atoms with Gasteiger partial charge < -0.3 is 66.9 Å². The fraction of sp³-hybridized carbons (Fsp3) is 0.633. The minimum Gasteiger partial charge on any atom is -0.449 e. The molecule has 9 N–H and O–H groups in total. The number of alkyl carbamates (subject to hydrolysis) is 1. The minimum absolute atomic E-state index is 0.0378. The first kappa shape index (κ1) is 72.9. The van der Waals surface area contributed by atoms with Crippen LogP contribution in [0, 0.1) is 29.1 Å². The number of aliphatic hydroxyl groups is 2. The van der Waals surface area contributed by atoms with Gasteiger partial charge in [-0.05, 0) is 72.3 Å². The molecule has 1 aliphatic carbocycles. The molecular weight excluding hydrogens is 1130 g/mol. The van der Waals surface area contributed by atoms with Crippen LogP contribution in [0.2, 0.25) is 0 Å². The van der Waals surface area contributed by atoms with Crippen molar-refractivity contribution in [2.45, 2.75) is 161 Å². The molecule has 23 nitrogen and oxygen atoms in total. The van der Waals surface area contributed by atoms with Gasteiger partial charge >= 0.3 is 18.2 Å². The van der Waals surface area contributed by atoms with Crippen molar-refractivity contribution >= 4 is 59.3 Å². The molecule has 2 aliphatic rings. The first-order valence-electron chi connectivity index (χ1n) is 29.1. The van der Waals surface area contributed by atoms with Gasteiger partial charge in [-0.1, -0.05) is 135 Å². The van der Waals surface area contributed by atoms with E-state index in [0.29, 0.717) is 17.5 Å². The van der Waals surface area contributed by atoms with Gasteiger partial charge in [0.2, 0.25) is 35.4 Å². The van der Waals surface area contributed by atoms with E-state index in [2.05, 4.69) is 31.9 Å². The molecule has 10 amide bonds. The monoisotopic (exact) mass is 1220 g/mol. The zero-order chi connectivity index (χ0) is 64.8. The van der Waals surface area contributed by atoms with E-state index in [4.69, 9.17) is 4.74 Å². The van der Waals surface area contributed by atoms with Gasteiger partial charge in [0.1, 0.15) is 24.2 Å². The van der Waals surface area contributed by atoms with Gasteiger partial charge in [-0.2, -0.15) is 13.2 Å². The van der Waals surface area contributed by atoms with Crippen LogP contribution in [-0.2, 0) is 47.9 Å². The van der Waals surface area contributed by atoms with Gasteiger partial charge in [-0.3, -0.25) is 43.2 Å². The fourth-order valence-corrected chi connectivity index (χ4v) is 9.97. The lowest BCUT2D eigenvalue weighted by Crippen LogP contribution is -2.59. The van der Waals surface area contributed by atoms with Crippen LogP contribution >= 0.6 is 0 Å². The van der Waals surface area contributed by atoms with Crippen molar-refractivity contribution in [1.29, 1.82) is 0 Å². The van der Waals surface area contributed by atoms with Crippen LogP contribution in [0.25, 0.3) is 0 Å². The molecule has 4 rings (SSSR count). The molecule has 26 heteroatoms. The van der Waals surface area contributed by atoms with Crippen LogP contribution in [0.4, 0.5) is 18.0 Å². The third-order valence-corrected chi connectivity index (χ3v) is 14.3. The zero-order valence-electron chi connectivity index (χ0n) is 51.5. The van der Waals surface area contributed by atoms with Gasteiger partial charge in [-0.25, -0.2) is 4.79 Å². The standard InChI is InChI=1S/C39H62N6O8.C21H29F3N4O5/c1-24(2)19-28(33(47)35(49)40-21-30(46)42-31(36(50)44(7)8)26-15-11-9-12-16-26)41-34(48)29-20-39(5,6)23-45(29)37(51)32(27-17-13-10-14-18-27)43-38(52)53-22-25(3)4;1-12(2)10-14(26-20(33)21(22,23)24)17(30)18(31)25-11-15(29)27-16(19(32)28(3)4)13-8-6-5-7-9-13/h9,11-12,15-16,24-25,27-29,31-33,47H,10,13-14,17-23H2,1-8H3,(H,40,49)(H,41,48)(H,42,46)(H,43,52);5-9,12,14,16-17,30H,10-11H2,1-4H3,(H,25,31)(H,26,33)(H,27,29)/t28-,29-,31-,32-,33?;14-,16-,17?/m00/s1. The van der Waals surface area contributed by atoms with E-state index in [1.165, 1.54) is 28.8 Å². The van der Waals surface area contributed by atoms with E-state index in [9.17, 15) is 71.3 Å². The maximum absolute atomic E-state index is 14.3. The number of ether oxygens (including phenoxy) is 1. The number of carbonyl (C=O) groups is 10. The van der Waals surface area contributed by atoms with E-state index < -0.39 is 121 Å². The van der Waals surface area contributed by atoms with Gasteiger partial charge in [0.05, 0.1) is 31.8 Å². The van der Waals surface area contributed by atoms with Gasteiger partial charge in [-0.15, -0.1) is 0 Å². The number of nitrogens with zero attached hydrogens (tertiary/aromatic N) is 3. The molecule has 2 fully saturated rings. The van der Waals surface area contributed by atoms with Crippen molar-refractivity contribution < 1.29 is 76.1 Å². The van der Waals surface area contributed by atoms with E-state index in [-0.39, 0.29) is 61.5 Å². The molecule has 0 spiro atoms. The molecule has 2 unspecified atom stereocenters. The van der Waals surface area contributed by atoms with Crippen LogP contribution in [0.3, 0.4) is 0 Å². The van der Waals surface area contributed by atoms with Crippen molar-refractivity contribution in [3.8, 4) is 0 Å². The number of aliphatic hydroxyl groups excluding tert-OH is 2. The summed E-state index contributed by atoms with van der Waals surface area (Å²) < 4.78 is 43.1. The Morgan fingerprint density at radius 3 is 1.45 bits per heavy atom. The molecule has 480 valence electrons. The topological polar surface area (TPSA) is 314 Å². The Hall–Kier alpha value is -7.35. The summed E-state index contributed by atoms with van der Waals surface area (Å²) in [6, 6.07) is 10.7. The summed E-state index contributed by atoms with van der Waals surface area (Å²) in [5.74, 6) is -7.63. The number of likely N-dealkylation sites (N-methyl/N-ethyl adjacent to an activating group) is 2. The average Bonchev–Trinajstić information content (AvgIpc) is 2.05. The molecule has 1 aliphatic heterocycles. The van der Waals surface area contributed by atoms with Crippen LogP contribution in [-0.4, -0.2) is 181 Å². The number of alkyl halides is 3. The van der Waals surface area contributed by atoms with E-state index in [1.807, 2.05) is 41.5 Å². The number of hydrogen-bond donors (Lipinski definition) is 9. The molecule has 8 atom stereocenters. The lowest BCUT2D eigenvalue weighted by atomic mass is 9.83.